The maximum Gasteiger partial charge on any atom is 0.293 e. The highest BCUT2D eigenvalue weighted by atomic mass is 16.2. The topological polar surface area (TPSA) is 61.9 Å². The molecule has 0 fully saturated rings. The molecule has 0 unspecified atom stereocenters. The van der Waals surface area contributed by atoms with Gasteiger partial charge in [-0.2, -0.15) is 0 Å². The van der Waals surface area contributed by atoms with E-state index in [1.165, 1.54) is 0 Å². The fourth-order valence-electron chi connectivity index (χ4n) is 1.28. The molecule has 0 aliphatic heterocycles. The number of aromatic amines is 1. The van der Waals surface area contributed by atoms with Crippen LogP contribution in [0, 0.1) is 6.92 Å². The lowest BCUT2D eigenvalue weighted by molar-refractivity contribution is 0.0762. The average Bonchev–Trinajstić information content (AvgIpc) is 2.63. The Bertz CT molecular complexity index is 345. The number of nitrogens with zero attached hydrogens (tertiary/aromatic N) is 3. The number of H-pyrrole nitrogens is 1. The predicted molar refractivity (Wildman–Crippen MR) is 57.5 cm³/mol. The summed E-state index contributed by atoms with van der Waals surface area (Å²) in [6, 6.07) is 0. The standard InChI is InChI=1S/C10H16N4O/c1-4-6-14(7-5-2)10(15)9-11-8(3)12-13-9/h4H,1,5-7H2,2-3H3,(H,11,12,13). The maximum atomic E-state index is 11.9. The number of amides is 1. The first-order valence-electron chi connectivity index (χ1n) is 4.98. The lowest BCUT2D eigenvalue weighted by Gasteiger charge is -2.18. The van der Waals surface area contributed by atoms with E-state index in [9.17, 15) is 4.79 Å². The average molecular weight is 208 g/mol. The summed E-state index contributed by atoms with van der Waals surface area (Å²) in [7, 11) is 0. The lowest BCUT2D eigenvalue weighted by Crippen LogP contribution is -2.32. The molecule has 0 atom stereocenters. The van der Waals surface area contributed by atoms with E-state index in [0.717, 1.165) is 6.42 Å². The van der Waals surface area contributed by atoms with E-state index in [4.69, 9.17) is 0 Å². The van der Waals surface area contributed by atoms with Gasteiger partial charge in [0.1, 0.15) is 5.82 Å². The van der Waals surface area contributed by atoms with E-state index in [1.54, 1.807) is 17.9 Å². The Morgan fingerprint density at radius 1 is 1.67 bits per heavy atom. The van der Waals surface area contributed by atoms with Gasteiger partial charge in [-0.15, -0.1) is 11.7 Å². The zero-order valence-electron chi connectivity index (χ0n) is 9.16. The summed E-state index contributed by atoms with van der Waals surface area (Å²) in [6.45, 7) is 8.63. The molecule has 1 N–H and O–H groups in total. The molecule has 0 bridgehead atoms. The number of hydrogen-bond acceptors (Lipinski definition) is 3. The largest absolute Gasteiger partial charge is 0.332 e. The fraction of sp³-hybridized carbons (Fsp3) is 0.500. The van der Waals surface area contributed by atoms with Gasteiger partial charge >= 0.3 is 0 Å². The minimum absolute atomic E-state index is 0.152. The van der Waals surface area contributed by atoms with Gasteiger partial charge < -0.3 is 4.90 Å². The molecule has 0 saturated heterocycles. The highest BCUT2D eigenvalue weighted by molar-refractivity contribution is 5.90. The first-order chi connectivity index (χ1) is 7.19. The molecule has 5 nitrogen and oxygen atoms in total. The summed E-state index contributed by atoms with van der Waals surface area (Å²) in [5, 5.41) is 6.49. The van der Waals surface area contributed by atoms with Gasteiger partial charge in [0, 0.05) is 13.1 Å². The molecule has 0 aromatic carbocycles. The number of hydrogen-bond donors (Lipinski definition) is 1. The van der Waals surface area contributed by atoms with Crippen molar-refractivity contribution < 1.29 is 4.79 Å². The van der Waals surface area contributed by atoms with Gasteiger partial charge in [0.2, 0.25) is 5.82 Å². The van der Waals surface area contributed by atoms with Crippen molar-refractivity contribution in [3.8, 4) is 0 Å². The molecule has 0 radical (unpaired) electrons. The molecule has 0 aliphatic rings. The van der Waals surface area contributed by atoms with E-state index < -0.39 is 0 Å². The quantitative estimate of drug-likeness (QED) is 0.738. The second-order valence-electron chi connectivity index (χ2n) is 3.28. The van der Waals surface area contributed by atoms with Crippen molar-refractivity contribution in [1.29, 1.82) is 0 Å². The smallest absolute Gasteiger partial charge is 0.293 e. The van der Waals surface area contributed by atoms with Crippen LogP contribution in [0.3, 0.4) is 0 Å². The minimum atomic E-state index is -0.152. The van der Waals surface area contributed by atoms with Gasteiger partial charge in [-0.3, -0.25) is 9.89 Å². The third-order valence-electron chi connectivity index (χ3n) is 1.92. The normalized spacial score (nSPS) is 10.0. The second-order valence-corrected chi connectivity index (χ2v) is 3.28. The van der Waals surface area contributed by atoms with Crippen molar-refractivity contribution in [1.82, 2.24) is 20.1 Å². The zero-order valence-corrected chi connectivity index (χ0v) is 9.16. The Balaban J connectivity index is 2.75. The van der Waals surface area contributed by atoms with Crippen LogP contribution in [0.15, 0.2) is 12.7 Å². The third-order valence-corrected chi connectivity index (χ3v) is 1.92. The second kappa shape index (κ2) is 5.29. The summed E-state index contributed by atoms with van der Waals surface area (Å²) in [5.74, 6) is 0.720. The van der Waals surface area contributed by atoms with Crippen LogP contribution in [0.2, 0.25) is 0 Å². The monoisotopic (exact) mass is 208 g/mol. The van der Waals surface area contributed by atoms with E-state index in [0.29, 0.717) is 18.9 Å². The molecule has 1 aromatic rings. The summed E-state index contributed by atoms with van der Waals surface area (Å²) >= 11 is 0. The number of carbonyl (C=O) groups is 1. The number of rotatable bonds is 5. The first kappa shape index (κ1) is 11.4. The fourth-order valence-corrected chi connectivity index (χ4v) is 1.28. The Morgan fingerprint density at radius 2 is 2.40 bits per heavy atom. The molecule has 0 saturated carbocycles. The van der Waals surface area contributed by atoms with Crippen molar-refractivity contribution in [2.24, 2.45) is 0 Å². The van der Waals surface area contributed by atoms with E-state index in [-0.39, 0.29) is 11.7 Å². The van der Waals surface area contributed by atoms with Gasteiger partial charge in [-0.25, -0.2) is 4.98 Å². The van der Waals surface area contributed by atoms with Crippen molar-refractivity contribution in [2.75, 3.05) is 13.1 Å². The minimum Gasteiger partial charge on any atom is -0.332 e. The Labute approximate surface area is 89.2 Å². The van der Waals surface area contributed by atoms with Crippen molar-refractivity contribution in [3.63, 3.8) is 0 Å². The molecule has 1 heterocycles. The highest BCUT2D eigenvalue weighted by Gasteiger charge is 2.17. The van der Waals surface area contributed by atoms with Gasteiger partial charge in [0.05, 0.1) is 0 Å². The van der Waals surface area contributed by atoms with Crippen molar-refractivity contribution >= 4 is 5.91 Å². The highest BCUT2D eigenvalue weighted by Crippen LogP contribution is 2.00. The summed E-state index contributed by atoms with van der Waals surface area (Å²) in [4.78, 5) is 17.6. The van der Waals surface area contributed by atoms with Crippen LogP contribution >= 0.6 is 0 Å². The molecule has 5 heteroatoms. The van der Waals surface area contributed by atoms with E-state index in [1.807, 2.05) is 6.92 Å². The number of nitrogens with one attached hydrogen (secondary N) is 1. The van der Waals surface area contributed by atoms with E-state index >= 15 is 0 Å². The molecular formula is C10H16N4O. The van der Waals surface area contributed by atoms with Crippen LogP contribution in [0.1, 0.15) is 29.8 Å². The molecule has 1 rings (SSSR count). The van der Waals surface area contributed by atoms with Crippen LogP contribution in [-0.4, -0.2) is 39.1 Å². The molecule has 0 aliphatic carbocycles. The molecular weight excluding hydrogens is 192 g/mol. The van der Waals surface area contributed by atoms with Gasteiger partial charge in [0.25, 0.3) is 5.91 Å². The van der Waals surface area contributed by atoms with Gasteiger partial charge in [0.15, 0.2) is 0 Å². The van der Waals surface area contributed by atoms with Crippen molar-refractivity contribution in [2.45, 2.75) is 20.3 Å². The summed E-state index contributed by atoms with van der Waals surface area (Å²) in [6.07, 6.45) is 2.61. The van der Waals surface area contributed by atoms with Gasteiger partial charge in [-0.05, 0) is 13.3 Å². The van der Waals surface area contributed by atoms with Crippen LogP contribution in [0.4, 0.5) is 0 Å². The Morgan fingerprint density at radius 3 is 2.87 bits per heavy atom. The van der Waals surface area contributed by atoms with Gasteiger partial charge in [-0.1, -0.05) is 13.0 Å². The zero-order chi connectivity index (χ0) is 11.3. The molecule has 15 heavy (non-hydrogen) atoms. The van der Waals surface area contributed by atoms with Crippen LogP contribution in [-0.2, 0) is 0 Å². The van der Waals surface area contributed by atoms with Crippen molar-refractivity contribution in [3.05, 3.63) is 24.3 Å². The molecule has 1 aromatic heterocycles. The lowest BCUT2D eigenvalue weighted by atomic mass is 10.3. The van der Waals surface area contributed by atoms with Crippen LogP contribution < -0.4 is 0 Å². The maximum absolute atomic E-state index is 11.9. The molecule has 82 valence electrons. The molecule has 0 spiro atoms. The summed E-state index contributed by atoms with van der Waals surface area (Å²) < 4.78 is 0. The van der Waals surface area contributed by atoms with Crippen LogP contribution in [0.25, 0.3) is 0 Å². The number of carbonyl (C=O) groups excluding carboxylic acids is 1. The predicted octanol–water partition coefficient (Wildman–Crippen LogP) is 1.15. The number of aromatic nitrogens is 3. The SMILES string of the molecule is C=CCN(CCC)C(=O)c1n[nH]c(C)n1. The molecule has 1 amide bonds. The number of aryl methyl sites for hydroxylation is 1. The third kappa shape index (κ3) is 2.90. The van der Waals surface area contributed by atoms with Crippen LogP contribution in [0.5, 0.6) is 0 Å². The Hall–Kier alpha value is -1.65. The van der Waals surface area contributed by atoms with E-state index in [2.05, 4.69) is 21.8 Å². The Kier molecular flexibility index (Phi) is 4.03. The first-order valence-corrected chi connectivity index (χ1v) is 4.98. The summed E-state index contributed by atoms with van der Waals surface area (Å²) in [5.41, 5.74) is 0.